The summed E-state index contributed by atoms with van der Waals surface area (Å²) < 4.78 is 13.2. The molecule has 4 rings (SSSR count). The van der Waals surface area contributed by atoms with Crippen LogP contribution in [0.3, 0.4) is 0 Å². The molecule has 0 aliphatic carbocycles. The molecule has 0 spiro atoms. The molecule has 0 saturated carbocycles. The molecule has 3 aromatic carbocycles. The van der Waals surface area contributed by atoms with E-state index in [4.69, 9.17) is 4.98 Å². The van der Waals surface area contributed by atoms with E-state index in [1.807, 2.05) is 62.4 Å². The van der Waals surface area contributed by atoms with Crippen molar-refractivity contribution in [1.29, 1.82) is 0 Å². The van der Waals surface area contributed by atoms with Crippen LogP contribution in [0.15, 0.2) is 72.8 Å². The summed E-state index contributed by atoms with van der Waals surface area (Å²) in [5.41, 5.74) is 5.49. The van der Waals surface area contributed by atoms with Gasteiger partial charge in [-0.05, 0) is 55.8 Å². The lowest BCUT2D eigenvalue weighted by Crippen LogP contribution is -2.15. The molecule has 138 valence electrons. The number of pyridine rings is 1. The minimum Gasteiger partial charge on any atom is -0.322 e. The van der Waals surface area contributed by atoms with Crippen LogP contribution < -0.4 is 5.32 Å². The van der Waals surface area contributed by atoms with Gasteiger partial charge in [-0.2, -0.15) is 0 Å². The standard InChI is InChI=1S/C24H19FN2O/c1-15-8-13-21-20(14-15)22(24(28)26-19-11-9-18(25)10-12-19)16(2)23(27-21)17-6-4-3-5-7-17/h3-14H,1-2H3,(H,26,28). The van der Waals surface area contributed by atoms with E-state index in [2.05, 4.69) is 5.32 Å². The van der Waals surface area contributed by atoms with Crippen molar-refractivity contribution in [2.24, 2.45) is 0 Å². The molecule has 1 heterocycles. The third-order valence-corrected chi connectivity index (χ3v) is 4.76. The van der Waals surface area contributed by atoms with Crippen molar-refractivity contribution < 1.29 is 9.18 Å². The summed E-state index contributed by atoms with van der Waals surface area (Å²) in [6, 6.07) is 21.5. The van der Waals surface area contributed by atoms with Crippen LogP contribution >= 0.6 is 0 Å². The molecule has 0 fully saturated rings. The summed E-state index contributed by atoms with van der Waals surface area (Å²) in [5, 5.41) is 3.69. The van der Waals surface area contributed by atoms with Crippen molar-refractivity contribution in [3.05, 3.63) is 95.3 Å². The molecule has 1 amide bonds. The first-order chi connectivity index (χ1) is 13.5. The fourth-order valence-electron chi connectivity index (χ4n) is 3.37. The number of rotatable bonds is 3. The number of aryl methyl sites for hydroxylation is 1. The van der Waals surface area contributed by atoms with Crippen molar-refractivity contribution in [3.63, 3.8) is 0 Å². The Kier molecular flexibility index (Phi) is 4.62. The maximum atomic E-state index is 13.2. The lowest BCUT2D eigenvalue weighted by molar-refractivity contribution is 0.102. The van der Waals surface area contributed by atoms with E-state index in [0.29, 0.717) is 11.3 Å². The highest BCUT2D eigenvalue weighted by Crippen LogP contribution is 2.30. The van der Waals surface area contributed by atoms with Gasteiger partial charge < -0.3 is 5.32 Å². The molecular weight excluding hydrogens is 351 g/mol. The first-order valence-corrected chi connectivity index (χ1v) is 9.06. The number of halogens is 1. The lowest BCUT2D eigenvalue weighted by Gasteiger charge is -2.15. The largest absolute Gasteiger partial charge is 0.322 e. The van der Waals surface area contributed by atoms with Gasteiger partial charge in [0.25, 0.3) is 5.91 Å². The Bertz CT molecular complexity index is 1170. The number of hydrogen-bond donors (Lipinski definition) is 1. The molecule has 1 aromatic heterocycles. The van der Waals surface area contributed by atoms with Crippen molar-refractivity contribution in [2.75, 3.05) is 5.32 Å². The number of benzene rings is 3. The first-order valence-electron chi connectivity index (χ1n) is 9.06. The summed E-state index contributed by atoms with van der Waals surface area (Å²) in [4.78, 5) is 18.0. The Morgan fingerprint density at radius 1 is 0.929 bits per heavy atom. The molecule has 1 N–H and O–H groups in total. The smallest absolute Gasteiger partial charge is 0.256 e. The molecule has 28 heavy (non-hydrogen) atoms. The highest BCUT2D eigenvalue weighted by molar-refractivity contribution is 6.14. The predicted octanol–water partition coefficient (Wildman–Crippen LogP) is 5.91. The van der Waals surface area contributed by atoms with E-state index in [1.54, 1.807) is 12.1 Å². The first kappa shape index (κ1) is 17.9. The van der Waals surface area contributed by atoms with E-state index >= 15 is 0 Å². The number of anilines is 1. The quantitative estimate of drug-likeness (QED) is 0.487. The number of nitrogens with zero attached hydrogens (tertiary/aromatic N) is 1. The van der Waals surface area contributed by atoms with Gasteiger partial charge in [0.1, 0.15) is 5.82 Å². The van der Waals surface area contributed by atoms with Crippen LogP contribution in [0.5, 0.6) is 0 Å². The van der Waals surface area contributed by atoms with Crippen LogP contribution in [0.2, 0.25) is 0 Å². The zero-order valence-electron chi connectivity index (χ0n) is 15.7. The zero-order chi connectivity index (χ0) is 19.7. The van der Waals surface area contributed by atoms with Gasteiger partial charge in [0.05, 0.1) is 16.8 Å². The van der Waals surface area contributed by atoms with Gasteiger partial charge in [0.15, 0.2) is 0 Å². The summed E-state index contributed by atoms with van der Waals surface area (Å²) in [5.74, 6) is -0.579. The van der Waals surface area contributed by atoms with E-state index in [-0.39, 0.29) is 11.7 Å². The molecule has 0 saturated heterocycles. The van der Waals surface area contributed by atoms with E-state index < -0.39 is 0 Å². The van der Waals surface area contributed by atoms with Gasteiger partial charge in [-0.25, -0.2) is 9.37 Å². The number of hydrogen-bond acceptors (Lipinski definition) is 2. The highest BCUT2D eigenvalue weighted by atomic mass is 19.1. The molecule has 0 unspecified atom stereocenters. The average Bonchev–Trinajstić information content (AvgIpc) is 2.70. The van der Waals surface area contributed by atoms with Gasteiger partial charge in [-0.1, -0.05) is 42.0 Å². The number of carbonyl (C=O) groups excluding carboxylic acids is 1. The molecular formula is C24H19FN2O. The minimum absolute atomic E-state index is 0.237. The van der Waals surface area contributed by atoms with Gasteiger partial charge in [0.2, 0.25) is 0 Å². The van der Waals surface area contributed by atoms with Crippen LogP contribution in [-0.4, -0.2) is 10.9 Å². The van der Waals surface area contributed by atoms with Crippen LogP contribution in [0.4, 0.5) is 10.1 Å². The van der Waals surface area contributed by atoms with Crippen molar-refractivity contribution in [3.8, 4) is 11.3 Å². The number of amides is 1. The summed E-state index contributed by atoms with van der Waals surface area (Å²) >= 11 is 0. The fourth-order valence-corrected chi connectivity index (χ4v) is 3.37. The third kappa shape index (κ3) is 3.37. The molecule has 0 radical (unpaired) electrons. The maximum Gasteiger partial charge on any atom is 0.256 e. The van der Waals surface area contributed by atoms with Crippen LogP contribution in [0, 0.1) is 19.7 Å². The number of carbonyl (C=O) groups is 1. The Hall–Kier alpha value is -3.53. The van der Waals surface area contributed by atoms with Gasteiger partial charge in [-0.15, -0.1) is 0 Å². The molecule has 3 nitrogen and oxygen atoms in total. The van der Waals surface area contributed by atoms with Crippen molar-refractivity contribution in [2.45, 2.75) is 13.8 Å². The Morgan fingerprint density at radius 3 is 2.36 bits per heavy atom. The van der Waals surface area contributed by atoms with Crippen molar-refractivity contribution >= 4 is 22.5 Å². The zero-order valence-corrected chi connectivity index (χ0v) is 15.7. The Labute approximate surface area is 162 Å². The molecule has 4 heteroatoms. The normalized spacial score (nSPS) is 10.8. The topological polar surface area (TPSA) is 42.0 Å². The predicted molar refractivity (Wildman–Crippen MR) is 111 cm³/mol. The fraction of sp³-hybridized carbons (Fsp3) is 0.0833. The summed E-state index contributed by atoms with van der Waals surface area (Å²) in [6.45, 7) is 3.90. The molecule has 0 aliphatic rings. The molecule has 0 aliphatic heterocycles. The second-order valence-electron chi connectivity index (χ2n) is 6.81. The van der Waals surface area contributed by atoms with E-state index in [1.165, 1.54) is 12.1 Å². The summed E-state index contributed by atoms with van der Waals surface area (Å²) in [7, 11) is 0. The monoisotopic (exact) mass is 370 g/mol. The number of fused-ring (bicyclic) bond motifs is 1. The minimum atomic E-state index is -0.342. The SMILES string of the molecule is Cc1ccc2nc(-c3ccccc3)c(C)c(C(=O)Nc3ccc(F)cc3)c2c1. The second-order valence-corrected chi connectivity index (χ2v) is 6.81. The van der Waals surface area contributed by atoms with E-state index in [0.717, 1.165) is 33.3 Å². The van der Waals surface area contributed by atoms with Gasteiger partial charge in [0, 0.05) is 16.6 Å². The Morgan fingerprint density at radius 2 is 1.64 bits per heavy atom. The highest BCUT2D eigenvalue weighted by Gasteiger charge is 2.19. The Balaban J connectivity index is 1.89. The maximum absolute atomic E-state index is 13.2. The second kappa shape index (κ2) is 7.24. The summed E-state index contributed by atoms with van der Waals surface area (Å²) in [6.07, 6.45) is 0. The van der Waals surface area contributed by atoms with Crippen LogP contribution in [0.1, 0.15) is 21.5 Å². The average molecular weight is 370 g/mol. The molecule has 0 bridgehead atoms. The van der Waals surface area contributed by atoms with Gasteiger partial charge >= 0.3 is 0 Å². The van der Waals surface area contributed by atoms with E-state index in [9.17, 15) is 9.18 Å². The molecule has 0 atom stereocenters. The molecule has 4 aromatic rings. The van der Waals surface area contributed by atoms with Crippen LogP contribution in [-0.2, 0) is 0 Å². The third-order valence-electron chi connectivity index (χ3n) is 4.76. The van der Waals surface area contributed by atoms with Crippen LogP contribution in [0.25, 0.3) is 22.2 Å². The lowest BCUT2D eigenvalue weighted by atomic mass is 9.96. The number of aromatic nitrogens is 1. The van der Waals surface area contributed by atoms with Gasteiger partial charge in [-0.3, -0.25) is 4.79 Å². The number of nitrogens with one attached hydrogen (secondary N) is 1. The van der Waals surface area contributed by atoms with Crippen molar-refractivity contribution in [1.82, 2.24) is 4.98 Å².